The van der Waals surface area contributed by atoms with Gasteiger partial charge in [-0.15, -0.1) is 0 Å². The molecule has 0 saturated carbocycles. The summed E-state index contributed by atoms with van der Waals surface area (Å²) in [5, 5.41) is 3.17. The van der Waals surface area contributed by atoms with Crippen LogP contribution in [0.5, 0.6) is 5.75 Å². The molecule has 6 heteroatoms. The van der Waals surface area contributed by atoms with Gasteiger partial charge in [0.15, 0.2) is 0 Å². The van der Waals surface area contributed by atoms with Crippen molar-refractivity contribution in [2.75, 3.05) is 44.7 Å². The molecular formula is C24H32N4O2. The van der Waals surface area contributed by atoms with Gasteiger partial charge in [-0.2, -0.15) is 0 Å². The molecule has 0 radical (unpaired) electrons. The highest BCUT2D eigenvalue weighted by Crippen LogP contribution is 2.24. The van der Waals surface area contributed by atoms with Gasteiger partial charge in [0.05, 0.1) is 7.11 Å². The maximum atomic E-state index is 12.6. The van der Waals surface area contributed by atoms with Crippen molar-refractivity contribution in [3.8, 4) is 5.75 Å². The summed E-state index contributed by atoms with van der Waals surface area (Å²) >= 11 is 0. The number of amides is 1. The van der Waals surface area contributed by atoms with Crippen LogP contribution in [-0.4, -0.2) is 55.6 Å². The minimum Gasteiger partial charge on any atom is -0.497 e. The van der Waals surface area contributed by atoms with E-state index in [1.165, 1.54) is 16.7 Å². The van der Waals surface area contributed by atoms with E-state index in [9.17, 15) is 4.79 Å². The smallest absolute Gasteiger partial charge is 0.223 e. The Kier molecular flexibility index (Phi) is 6.53. The molecular weight excluding hydrogens is 376 g/mol. The lowest BCUT2D eigenvalue weighted by molar-refractivity contribution is -0.125. The largest absolute Gasteiger partial charge is 0.497 e. The van der Waals surface area contributed by atoms with Crippen molar-refractivity contribution in [3.05, 3.63) is 53.2 Å². The molecule has 0 aliphatic carbocycles. The third kappa shape index (κ3) is 4.93. The fourth-order valence-corrected chi connectivity index (χ4v) is 4.41. The number of nitrogens with one attached hydrogen (secondary N) is 1. The highest BCUT2D eigenvalue weighted by atomic mass is 16.5. The first-order chi connectivity index (χ1) is 14.6. The molecule has 1 aromatic carbocycles. The number of rotatable bonds is 6. The molecule has 1 amide bonds. The van der Waals surface area contributed by atoms with E-state index in [0.29, 0.717) is 6.54 Å². The van der Waals surface area contributed by atoms with Gasteiger partial charge < -0.3 is 15.0 Å². The topological polar surface area (TPSA) is 57.7 Å². The summed E-state index contributed by atoms with van der Waals surface area (Å²) in [6.45, 7) is 7.40. The van der Waals surface area contributed by atoms with E-state index in [1.807, 2.05) is 19.2 Å². The highest BCUT2D eigenvalue weighted by molar-refractivity contribution is 5.79. The zero-order chi connectivity index (χ0) is 20.9. The van der Waals surface area contributed by atoms with Crippen LogP contribution in [-0.2, 0) is 17.8 Å². The molecule has 4 rings (SSSR count). The molecule has 1 saturated heterocycles. The first-order valence-electron chi connectivity index (χ1n) is 11.0. The Balaban J connectivity index is 1.19. The fourth-order valence-electron chi connectivity index (χ4n) is 4.41. The minimum absolute atomic E-state index is 0.112. The standard InChI is InChI=1S/C24H32N4O2/c1-18-3-6-23(26-16-18)28-12-8-19(9-13-28)24(29)25-10-14-27-11-7-20-15-22(30-2)5-4-21(20)17-27/h3-6,15-16,19H,7-14,17H2,1-2H3,(H,25,29). The number of methoxy groups -OCH3 is 1. The highest BCUT2D eigenvalue weighted by Gasteiger charge is 2.25. The van der Waals surface area contributed by atoms with Crippen LogP contribution in [0.2, 0.25) is 0 Å². The fraction of sp³-hybridized carbons (Fsp3) is 0.500. The molecule has 3 heterocycles. The maximum absolute atomic E-state index is 12.6. The predicted molar refractivity (Wildman–Crippen MR) is 119 cm³/mol. The second kappa shape index (κ2) is 9.47. The molecule has 2 aliphatic rings. The summed E-state index contributed by atoms with van der Waals surface area (Å²) in [4.78, 5) is 21.8. The summed E-state index contributed by atoms with van der Waals surface area (Å²) in [7, 11) is 1.71. The van der Waals surface area contributed by atoms with E-state index in [4.69, 9.17) is 4.74 Å². The molecule has 1 fully saturated rings. The SMILES string of the molecule is COc1ccc2c(c1)CCN(CCNC(=O)C1CCN(c3ccc(C)cn3)CC1)C2. The Labute approximate surface area is 179 Å². The molecule has 0 bridgehead atoms. The average molecular weight is 409 g/mol. The number of pyridine rings is 1. The number of carbonyl (C=O) groups excluding carboxylic acids is 1. The third-order valence-corrected chi connectivity index (χ3v) is 6.32. The van der Waals surface area contributed by atoms with Crippen LogP contribution in [0, 0.1) is 12.8 Å². The zero-order valence-corrected chi connectivity index (χ0v) is 18.1. The summed E-state index contributed by atoms with van der Waals surface area (Å²) in [5.74, 6) is 2.26. The maximum Gasteiger partial charge on any atom is 0.223 e. The Bertz CT molecular complexity index is 860. The molecule has 1 aromatic heterocycles. The summed E-state index contributed by atoms with van der Waals surface area (Å²) in [5.41, 5.74) is 3.92. The van der Waals surface area contributed by atoms with Crippen molar-refractivity contribution in [2.24, 2.45) is 5.92 Å². The van der Waals surface area contributed by atoms with Gasteiger partial charge in [0.25, 0.3) is 0 Å². The van der Waals surface area contributed by atoms with Crippen molar-refractivity contribution < 1.29 is 9.53 Å². The number of aromatic nitrogens is 1. The zero-order valence-electron chi connectivity index (χ0n) is 18.1. The molecule has 30 heavy (non-hydrogen) atoms. The Hall–Kier alpha value is -2.60. The van der Waals surface area contributed by atoms with Crippen LogP contribution < -0.4 is 15.0 Å². The van der Waals surface area contributed by atoms with E-state index in [-0.39, 0.29) is 11.8 Å². The molecule has 0 spiro atoms. The van der Waals surface area contributed by atoms with E-state index >= 15 is 0 Å². The van der Waals surface area contributed by atoms with Crippen LogP contribution in [0.15, 0.2) is 36.5 Å². The van der Waals surface area contributed by atoms with Crippen molar-refractivity contribution >= 4 is 11.7 Å². The number of piperidine rings is 1. The van der Waals surface area contributed by atoms with Gasteiger partial charge in [0.2, 0.25) is 5.91 Å². The Morgan fingerprint density at radius 3 is 2.73 bits per heavy atom. The normalized spacial score (nSPS) is 17.5. The van der Waals surface area contributed by atoms with Crippen molar-refractivity contribution in [2.45, 2.75) is 32.7 Å². The van der Waals surface area contributed by atoms with Crippen molar-refractivity contribution in [1.82, 2.24) is 15.2 Å². The molecule has 1 N–H and O–H groups in total. The lowest BCUT2D eigenvalue weighted by atomic mass is 9.96. The molecule has 6 nitrogen and oxygen atoms in total. The van der Waals surface area contributed by atoms with Gasteiger partial charge in [-0.3, -0.25) is 9.69 Å². The van der Waals surface area contributed by atoms with Gasteiger partial charge >= 0.3 is 0 Å². The number of aryl methyl sites for hydroxylation is 1. The minimum atomic E-state index is 0.112. The number of benzene rings is 1. The Morgan fingerprint density at radius 1 is 1.17 bits per heavy atom. The van der Waals surface area contributed by atoms with Crippen LogP contribution in [0.4, 0.5) is 5.82 Å². The number of carbonyl (C=O) groups is 1. The third-order valence-electron chi connectivity index (χ3n) is 6.32. The average Bonchev–Trinajstić information content (AvgIpc) is 2.79. The number of fused-ring (bicyclic) bond motifs is 1. The quantitative estimate of drug-likeness (QED) is 0.797. The van der Waals surface area contributed by atoms with Gasteiger partial charge in [0, 0.05) is 51.4 Å². The first-order valence-corrected chi connectivity index (χ1v) is 11.0. The van der Waals surface area contributed by atoms with Crippen LogP contribution >= 0.6 is 0 Å². The summed E-state index contributed by atoms with van der Waals surface area (Å²) in [6.07, 6.45) is 4.72. The van der Waals surface area contributed by atoms with E-state index in [0.717, 1.165) is 63.6 Å². The van der Waals surface area contributed by atoms with Crippen molar-refractivity contribution in [1.29, 1.82) is 0 Å². The van der Waals surface area contributed by atoms with Gasteiger partial charge in [0.1, 0.15) is 11.6 Å². The van der Waals surface area contributed by atoms with Gasteiger partial charge in [-0.05, 0) is 61.1 Å². The second-order valence-electron chi connectivity index (χ2n) is 8.41. The molecule has 0 atom stereocenters. The van der Waals surface area contributed by atoms with Crippen molar-refractivity contribution in [3.63, 3.8) is 0 Å². The monoisotopic (exact) mass is 408 g/mol. The number of hydrogen-bond donors (Lipinski definition) is 1. The number of hydrogen-bond acceptors (Lipinski definition) is 5. The first kappa shape index (κ1) is 20.7. The summed E-state index contributed by atoms with van der Waals surface area (Å²) < 4.78 is 5.32. The van der Waals surface area contributed by atoms with E-state index < -0.39 is 0 Å². The van der Waals surface area contributed by atoms with Crippen LogP contribution in [0.25, 0.3) is 0 Å². The molecule has 2 aromatic rings. The predicted octanol–water partition coefficient (Wildman–Crippen LogP) is 2.79. The van der Waals surface area contributed by atoms with Gasteiger partial charge in [-0.25, -0.2) is 4.98 Å². The lowest BCUT2D eigenvalue weighted by Gasteiger charge is -2.32. The Morgan fingerprint density at radius 2 is 2.00 bits per heavy atom. The molecule has 2 aliphatic heterocycles. The summed E-state index contributed by atoms with van der Waals surface area (Å²) in [6, 6.07) is 10.5. The van der Waals surface area contributed by atoms with Crippen LogP contribution in [0.1, 0.15) is 29.5 Å². The van der Waals surface area contributed by atoms with E-state index in [2.05, 4.69) is 44.4 Å². The van der Waals surface area contributed by atoms with Crippen LogP contribution in [0.3, 0.4) is 0 Å². The number of ether oxygens (including phenoxy) is 1. The lowest BCUT2D eigenvalue weighted by Crippen LogP contribution is -2.43. The number of nitrogens with zero attached hydrogens (tertiary/aromatic N) is 3. The van der Waals surface area contributed by atoms with E-state index in [1.54, 1.807) is 7.11 Å². The van der Waals surface area contributed by atoms with Gasteiger partial charge in [-0.1, -0.05) is 12.1 Å². The second-order valence-corrected chi connectivity index (χ2v) is 8.41. The molecule has 160 valence electrons. The number of anilines is 1. The molecule has 0 unspecified atom stereocenters.